The minimum atomic E-state index is -0.118. The van der Waals surface area contributed by atoms with Crippen molar-refractivity contribution >= 4 is 60.7 Å². The van der Waals surface area contributed by atoms with E-state index in [1.165, 1.54) is 19.3 Å². The van der Waals surface area contributed by atoms with Gasteiger partial charge in [-0.3, -0.25) is 4.79 Å². The number of hydrogen-bond donors (Lipinski definition) is 0. The fraction of sp³-hybridized carbons (Fsp3) is 0.0833. The molecule has 0 aliphatic heterocycles. The van der Waals surface area contributed by atoms with Crippen molar-refractivity contribution < 1.29 is 21.8 Å². The van der Waals surface area contributed by atoms with Crippen LogP contribution in [0.4, 0.5) is 0 Å². The van der Waals surface area contributed by atoms with Gasteiger partial charge in [0.2, 0.25) is 5.82 Å². The van der Waals surface area contributed by atoms with Gasteiger partial charge in [0.1, 0.15) is 6.07 Å². The van der Waals surface area contributed by atoms with Crippen LogP contribution >= 0.6 is 31.9 Å². The van der Waals surface area contributed by atoms with Crippen LogP contribution in [0.15, 0.2) is 33.7 Å². The van der Waals surface area contributed by atoms with Gasteiger partial charge in [-0.15, -0.1) is 0 Å². The van der Waals surface area contributed by atoms with Gasteiger partial charge in [-0.25, -0.2) is 19.9 Å². The van der Waals surface area contributed by atoms with Crippen molar-refractivity contribution in [3.63, 3.8) is 0 Å². The van der Waals surface area contributed by atoms with Crippen LogP contribution in [-0.2, 0) is 0 Å². The van der Waals surface area contributed by atoms with Crippen LogP contribution in [0.5, 0.6) is 0 Å². The maximum absolute atomic E-state index is 10.6. The Morgan fingerprint density at radius 1 is 1.05 bits per heavy atom. The zero-order valence-electron chi connectivity index (χ0n) is 11.8. The quantitative estimate of drug-likeness (QED) is 0.299. The molecule has 0 saturated carbocycles. The Morgan fingerprint density at radius 2 is 1.41 bits per heavy atom. The second-order valence-electron chi connectivity index (χ2n) is 3.12. The first-order valence-electron chi connectivity index (χ1n) is 4.89. The summed E-state index contributed by atoms with van der Waals surface area (Å²) < 4.78 is 1.55. The van der Waals surface area contributed by atoms with E-state index < -0.39 is 0 Å². The first-order valence-corrected chi connectivity index (χ1v) is 6.47. The standard InChI is InChI=1S/C6H5BrN2O.C5H2BrN3.CH3.BrH.Mg/c1-4(10)6-8-2-5(7)3-9-6;6-4-2-8-5(1-7)9-3-4;;;/h2-3H,1H3;2-3H;1H3;1H;/q;;-1;;+2/p-1. The van der Waals surface area contributed by atoms with Gasteiger partial charge >= 0.3 is 23.1 Å². The van der Waals surface area contributed by atoms with Crippen LogP contribution in [0.2, 0.25) is 0 Å². The number of nitriles is 1. The first-order chi connectivity index (χ1) is 9.02. The second kappa shape index (κ2) is 14.1. The van der Waals surface area contributed by atoms with Crippen LogP contribution in [0.1, 0.15) is 23.4 Å². The van der Waals surface area contributed by atoms with Crippen LogP contribution in [0.3, 0.4) is 0 Å². The largest absolute Gasteiger partial charge is 2.00 e. The summed E-state index contributed by atoms with van der Waals surface area (Å²) in [6.45, 7) is 1.43. The number of ketones is 1. The minimum Gasteiger partial charge on any atom is -1.00 e. The molecule has 0 amide bonds. The molecule has 22 heavy (non-hydrogen) atoms. The Morgan fingerprint density at radius 3 is 1.73 bits per heavy atom. The third kappa shape index (κ3) is 10.3. The van der Waals surface area contributed by atoms with Crippen LogP contribution < -0.4 is 17.0 Å². The number of nitrogens with zero attached hydrogens (tertiary/aromatic N) is 5. The van der Waals surface area contributed by atoms with Gasteiger partial charge in [-0.1, -0.05) is 0 Å². The summed E-state index contributed by atoms with van der Waals surface area (Å²) in [6, 6.07) is 1.81. The molecule has 10 heteroatoms. The van der Waals surface area contributed by atoms with Crippen molar-refractivity contribution in [3.05, 3.63) is 52.8 Å². The fourth-order valence-electron chi connectivity index (χ4n) is 0.864. The summed E-state index contributed by atoms with van der Waals surface area (Å²) in [5.74, 6) is 0.328. The van der Waals surface area contributed by atoms with E-state index in [0.29, 0.717) is 0 Å². The van der Waals surface area contributed by atoms with Crippen molar-refractivity contribution in [1.82, 2.24) is 19.9 Å². The van der Waals surface area contributed by atoms with Crippen molar-refractivity contribution in [2.24, 2.45) is 0 Å². The summed E-state index contributed by atoms with van der Waals surface area (Å²) >= 11 is 6.30. The first kappa shape index (κ1) is 26.4. The molecular weight excluding hydrogens is 494 g/mol. The van der Waals surface area contributed by atoms with Gasteiger partial charge in [0, 0.05) is 31.7 Å². The molecule has 0 atom stereocenters. The Kier molecular flexibility index (Phi) is 17.0. The van der Waals surface area contributed by atoms with E-state index >= 15 is 0 Å². The molecule has 2 aromatic heterocycles. The van der Waals surface area contributed by atoms with Gasteiger partial charge in [0.05, 0.1) is 8.95 Å². The summed E-state index contributed by atoms with van der Waals surface area (Å²) in [6.07, 6.45) is 6.16. The summed E-state index contributed by atoms with van der Waals surface area (Å²) in [5, 5.41) is 8.24. The smallest absolute Gasteiger partial charge is 1.00 e. The Labute approximate surface area is 172 Å². The van der Waals surface area contributed by atoms with Crippen molar-refractivity contribution in [2.45, 2.75) is 6.92 Å². The van der Waals surface area contributed by atoms with Gasteiger partial charge in [-0.05, 0) is 31.9 Å². The van der Waals surface area contributed by atoms with E-state index in [-0.39, 0.29) is 64.9 Å². The molecule has 0 N–H and O–H groups in total. The molecule has 2 heterocycles. The van der Waals surface area contributed by atoms with E-state index in [4.69, 9.17) is 5.26 Å². The Hall–Kier alpha value is -0.474. The molecule has 2 aromatic rings. The van der Waals surface area contributed by atoms with E-state index in [1.54, 1.807) is 12.4 Å². The van der Waals surface area contributed by atoms with E-state index in [1.807, 2.05) is 6.07 Å². The average molecular weight is 504 g/mol. The predicted molar refractivity (Wildman–Crippen MR) is 86.4 cm³/mol. The van der Waals surface area contributed by atoms with Crippen LogP contribution in [-0.4, -0.2) is 48.8 Å². The van der Waals surface area contributed by atoms with Crippen LogP contribution in [0, 0.1) is 18.8 Å². The number of hydrogen-bond acceptors (Lipinski definition) is 6. The molecule has 6 nitrogen and oxygen atoms in total. The van der Waals surface area contributed by atoms with Gasteiger partial charge in [0.15, 0.2) is 11.6 Å². The normalized spacial score (nSPS) is 7.73. The van der Waals surface area contributed by atoms with Crippen molar-refractivity contribution in [3.8, 4) is 6.07 Å². The summed E-state index contributed by atoms with van der Waals surface area (Å²) in [7, 11) is 0. The monoisotopic (exact) mass is 501 g/mol. The Balaban J connectivity index is -0.000000290. The molecule has 0 radical (unpaired) electrons. The van der Waals surface area contributed by atoms with Gasteiger partial charge < -0.3 is 24.4 Å². The molecule has 0 fully saturated rings. The van der Waals surface area contributed by atoms with E-state index in [2.05, 4.69) is 51.8 Å². The molecule has 0 bridgehead atoms. The fourth-order valence-corrected chi connectivity index (χ4v) is 1.27. The second-order valence-corrected chi connectivity index (χ2v) is 4.95. The van der Waals surface area contributed by atoms with Gasteiger partial charge in [0.25, 0.3) is 0 Å². The summed E-state index contributed by atoms with van der Waals surface area (Å²) in [4.78, 5) is 25.5. The third-order valence-corrected chi connectivity index (χ3v) is 2.47. The third-order valence-electron chi connectivity index (χ3n) is 1.66. The number of carbonyl (C=O) groups excluding carboxylic acids is 1. The number of carbonyl (C=O) groups is 1. The van der Waals surface area contributed by atoms with Crippen molar-refractivity contribution in [2.75, 3.05) is 0 Å². The topological polar surface area (TPSA) is 92.4 Å². The molecule has 2 rings (SSSR count). The SMILES string of the molecule is CC(=O)c1ncc(Br)cn1.N#Cc1ncc(Br)cn1.[Br-].[CH3-].[Mg+2]. The van der Waals surface area contributed by atoms with E-state index in [0.717, 1.165) is 8.95 Å². The van der Waals surface area contributed by atoms with Gasteiger partial charge in [-0.2, -0.15) is 5.26 Å². The Bertz CT molecular complexity index is 602. The number of aromatic nitrogens is 4. The zero-order chi connectivity index (χ0) is 14.3. The molecular formula is C12H10Br3MgN5O. The molecule has 0 aromatic carbocycles. The number of halogens is 3. The average Bonchev–Trinajstić information content (AvgIpc) is 2.41. The number of Topliss-reactive ketones (excluding diaryl/α,β-unsaturated/α-hetero) is 1. The zero-order valence-corrected chi connectivity index (χ0v) is 18.0. The maximum Gasteiger partial charge on any atom is 2.00 e. The number of rotatable bonds is 1. The molecule has 0 aliphatic carbocycles. The maximum atomic E-state index is 10.6. The van der Waals surface area contributed by atoms with Crippen LogP contribution in [0.25, 0.3) is 0 Å². The minimum absolute atomic E-state index is 0. The predicted octanol–water partition coefficient (Wildman–Crippen LogP) is -0.374. The molecule has 112 valence electrons. The molecule has 0 aliphatic rings. The molecule has 0 saturated heterocycles. The molecule has 0 spiro atoms. The van der Waals surface area contributed by atoms with E-state index in [9.17, 15) is 4.79 Å². The summed E-state index contributed by atoms with van der Waals surface area (Å²) in [5.41, 5.74) is 0. The molecule has 0 unspecified atom stereocenters. The van der Waals surface area contributed by atoms with Crippen molar-refractivity contribution in [1.29, 1.82) is 5.26 Å².